The minimum absolute atomic E-state index is 0.0736. The lowest BCUT2D eigenvalue weighted by molar-refractivity contribution is -0.124. The number of nitrogens with one attached hydrogen (secondary N) is 3. The van der Waals surface area contributed by atoms with Crippen molar-refractivity contribution in [2.75, 3.05) is 18.4 Å². The van der Waals surface area contributed by atoms with Gasteiger partial charge in [0.25, 0.3) is 0 Å². The summed E-state index contributed by atoms with van der Waals surface area (Å²) in [5.74, 6) is -0.191. The molecule has 1 aliphatic rings. The molecule has 1 atom stereocenters. The molecule has 2 amide bonds. The predicted octanol–water partition coefficient (Wildman–Crippen LogP) is 1.45. The van der Waals surface area contributed by atoms with Crippen molar-refractivity contribution in [2.45, 2.75) is 38.6 Å². The molecular weight excluding hydrogens is 266 g/mol. The van der Waals surface area contributed by atoms with Crippen LogP contribution in [0, 0.1) is 0 Å². The average molecular weight is 289 g/mol. The summed E-state index contributed by atoms with van der Waals surface area (Å²) in [6, 6.07) is 7.61. The van der Waals surface area contributed by atoms with Gasteiger partial charge >= 0.3 is 0 Å². The monoisotopic (exact) mass is 289 g/mol. The number of aryl methyl sites for hydroxylation is 1. The van der Waals surface area contributed by atoms with E-state index in [0.717, 1.165) is 12.1 Å². The zero-order chi connectivity index (χ0) is 15.1. The highest BCUT2D eigenvalue weighted by molar-refractivity contribution is 5.96. The molecule has 114 valence electrons. The van der Waals surface area contributed by atoms with Gasteiger partial charge in [-0.2, -0.15) is 0 Å². The number of amides is 2. The third-order valence-electron chi connectivity index (χ3n) is 3.62. The van der Waals surface area contributed by atoms with Gasteiger partial charge in [-0.05, 0) is 30.5 Å². The van der Waals surface area contributed by atoms with E-state index in [0.29, 0.717) is 6.54 Å². The van der Waals surface area contributed by atoms with Gasteiger partial charge < -0.3 is 10.6 Å². The highest BCUT2D eigenvalue weighted by Gasteiger charge is 2.23. The van der Waals surface area contributed by atoms with Gasteiger partial charge in [-0.3, -0.25) is 14.9 Å². The zero-order valence-electron chi connectivity index (χ0n) is 12.4. The van der Waals surface area contributed by atoms with Crippen LogP contribution >= 0.6 is 0 Å². The van der Waals surface area contributed by atoms with Crippen LogP contribution in [0.25, 0.3) is 0 Å². The van der Waals surface area contributed by atoms with Crippen LogP contribution in [0.2, 0.25) is 0 Å². The first-order valence-electron chi connectivity index (χ1n) is 7.59. The van der Waals surface area contributed by atoms with Gasteiger partial charge in [-0.1, -0.05) is 31.9 Å². The van der Waals surface area contributed by atoms with E-state index in [1.807, 2.05) is 12.1 Å². The number of carbonyl (C=O) groups is 2. The molecule has 3 N–H and O–H groups in total. The minimum Gasteiger partial charge on any atom is -0.353 e. The highest BCUT2D eigenvalue weighted by atomic mass is 16.2. The van der Waals surface area contributed by atoms with Gasteiger partial charge in [-0.15, -0.1) is 0 Å². The van der Waals surface area contributed by atoms with Crippen molar-refractivity contribution in [2.24, 2.45) is 0 Å². The van der Waals surface area contributed by atoms with E-state index in [2.05, 4.69) is 35.0 Å². The SMILES string of the molecule is CCCCCc1ccc(NC(=O)C2CNC(=O)CN2)cc1. The maximum Gasteiger partial charge on any atom is 0.243 e. The normalized spacial score (nSPS) is 18.1. The van der Waals surface area contributed by atoms with E-state index in [9.17, 15) is 9.59 Å². The van der Waals surface area contributed by atoms with Crippen molar-refractivity contribution in [3.8, 4) is 0 Å². The van der Waals surface area contributed by atoms with E-state index in [1.165, 1.54) is 24.8 Å². The molecule has 1 saturated heterocycles. The zero-order valence-corrected chi connectivity index (χ0v) is 12.4. The summed E-state index contributed by atoms with van der Waals surface area (Å²) in [7, 11) is 0. The predicted molar refractivity (Wildman–Crippen MR) is 83.1 cm³/mol. The Balaban J connectivity index is 1.82. The maximum atomic E-state index is 12.0. The second-order valence-corrected chi connectivity index (χ2v) is 5.38. The van der Waals surface area contributed by atoms with Crippen LogP contribution in [0.5, 0.6) is 0 Å². The van der Waals surface area contributed by atoms with Gasteiger partial charge in [0, 0.05) is 12.2 Å². The Morgan fingerprint density at radius 2 is 2.05 bits per heavy atom. The molecule has 1 aromatic rings. The first-order chi connectivity index (χ1) is 10.2. The van der Waals surface area contributed by atoms with E-state index in [4.69, 9.17) is 0 Å². The van der Waals surface area contributed by atoms with Gasteiger partial charge in [0.1, 0.15) is 6.04 Å². The fourth-order valence-corrected chi connectivity index (χ4v) is 2.32. The van der Waals surface area contributed by atoms with Gasteiger partial charge in [0.15, 0.2) is 0 Å². The van der Waals surface area contributed by atoms with Crippen LogP contribution in [0.15, 0.2) is 24.3 Å². The molecule has 1 heterocycles. The topological polar surface area (TPSA) is 70.2 Å². The minimum atomic E-state index is -0.369. The molecule has 0 spiro atoms. The Bertz CT molecular complexity index is 475. The molecule has 0 saturated carbocycles. The second kappa shape index (κ2) is 7.78. The summed E-state index contributed by atoms with van der Waals surface area (Å²) < 4.78 is 0. The number of hydrogen-bond acceptors (Lipinski definition) is 3. The molecule has 2 rings (SSSR count). The Hall–Kier alpha value is -1.88. The molecule has 1 aliphatic heterocycles. The summed E-state index contributed by atoms with van der Waals surface area (Å²) >= 11 is 0. The number of carbonyl (C=O) groups excluding carboxylic acids is 2. The van der Waals surface area contributed by atoms with Crippen LogP contribution in [-0.4, -0.2) is 30.9 Å². The lowest BCUT2D eigenvalue weighted by atomic mass is 10.1. The molecule has 5 heteroatoms. The van der Waals surface area contributed by atoms with Crippen LogP contribution in [0.3, 0.4) is 0 Å². The third kappa shape index (κ3) is 4.86. The molecule has 0 aliphatic carbocycles. The van der Waals surface area contributed by atoms with Crippen molar-refractivity contribution in [1.82, 2.24) is 10.6 Å². The number of benzene rings is 1. The number of hydrogen-bond donors (Lipinski definition) is 3. The molecule has 1 aromatic carbocycles. The van der Waals surface area contributed by atoms with Gasteiger partial charge in [0.2, 0.25) is 11.8 Å². The van der Waals surface area contributed by atoms with E-state index in [1.54, 1.807) is 0 Å². The smallest absolute Gasteiger partial charge is 0.243 e. The first-order valence-corrected chi connectivity index (χ1v) is 7.59. The van der Waals surface area contributed by atoms with Crippen molar-refractivity contribution in [3.05, 3.63) is 29.8 Å². The number of unbranched alkanes of at least 4 members (excludes halogenated alkanes) is 2. The van der Waals surface area contributed by atoms with E-state index < -0.39 is 0 Å². The summed E-state index contributed by atoms with van der Waals surface area (Å²) in [6.07, 6.45) is 4.75. The summed E-state index contributed by atoms with van der Waals surface area (Å²) in [4.78, 5) is 23.1. The van der Waals surface area contributed by atoms with Crippen LogP contribution in [-0.2, 0) is 16.0 Å². The lowest BCUT2D eigenvalue weighted by Crippen LogP contribution is -2.56. The fourth-order valence-electron chi connectivity index (χ4n) is 2.32. The first kappa shape index (κ1) is 15.5. The van der Waals surface area contributed by atoms with E-state index >= 15 is 0 Å². The molecule has 1 unspecified atom stereocenters. The second-order valence-electron chi connectivity index (χ2n) is 5.38. The average Bonchev–Trinajstić information content (AvgIpc) is 2.50. The van der Waals surface area contributed by atoms with Crippen LogP contribution in [0.1, 0.15) is 31.7 Å². The fraction of sp³-hybridized carbons (Fsp3) is 0.500. The van der Waals surface area contributed by atoms with Gasteiger partial charge in [-0.25, -0.2) is 0 Å². The quantitative estimate of drug-likeness (QED) is 0.694. The van der Waals surface area contributed by atoms with Crippen molar-refractivity contribution in [3.63, 3.8) is 0 Å². The van der Waals surface area contributed by atoms with Gasteiger partial charge in [0.05, 0.1) is 6.54 Å². The molecular formula is C16H23N3O2. The Kier molecular flexibility index (Phi) is 5.75. The molecule has 0 radical (unpaired) electrons. The summed E-state index contributed by atoms with van der Waals surface area (Å²) in [5.41, 5.74) is 2.09. The number of piperazine rings is 1. The largest absolute Gasteiger partial charge is 0.353 e. The maximum absolute atomic E-state index is 12.0. The summed E-state index contributed by atoms with van der Waals surface area (Å²) in [6.45, 7) is 2.72. The van der Waals surface area contributed by atoms with Crippen molar-refractivity contribution >= 4 is 17.5 Å². The van der Waals surface area contributed by atoms with E-state index in [-0.39, 0.29) is 24.4 Å². The molecule has 0 aromatic heterocycles. The lowest BCUT2D eigenvalue weighted by Gasteiger charge is -2.23. The van der Waals surface area contributed by atoms with Crippen molar-refractivity contribution < 1.29 is 9.59 Å². The standard InChI is InChI=1S/C16H23N3O2/c1-2-3-4-5-12-6-8-13(9-7-12)19-16(21)14-10-18-15(20)11-17-14/h6-9,14,17H,2-5,10-11H2,1H3,(H,18,20)(H,19,21). The third-order valence-corrected chi connectivity index (χ3v) is 3.62. The molecule has 1 fully saturated rings. The molecule has 5 nitrogen and oxygen atoms in total. The van der Waals surface area contributed by atoms with Crippen LogP contribution < -0.4 is 16.0 Å². The molecule has 0 bridgehead atoms. The van der Waals surface area contributed by atoms with Crippen LogP contribution in [0.4, 0.5) is 5.69 Å². The highest BCUT2D eigenvalue weighted by Crippen LogP contribution is 2.12. The summed E-state index contributed by atoms with van der Waals surface area (Å²) in [5, 5.41) is 8.45. The number of anilines is 1. The number of rotatable bonds is 6. The Labute approximate surface area is 125 Å². The van der Waals surface area contributed by atoms with Crippen molar-refractivity contribution in [1.29, 1.82) is 0 Å². The Morgan fingerprint density at radius 1 is 1.29 bits per heavy atom. The Morgan fingerprint density at radius 3 is 2.67 bits per heavy atom. The molecule has 21 heavy (non-hydrogen) atoms.